The van der Waals surface area contributed by atoms with E-state index in [0.29, 0.717) is 5.92 Å². The zero-order valence-corrected chi connectivity index (χ0v) is 10.1. The van der Waals surface area contributed by atoms with Gasteiger partial charge in [0.05, 0.1) is 0 Å². The van der Waals surface area contributed by atoms with Crippen LogP contribution < -0.4 is 11.3 Å². The third kappa shape index (κ3) is 3.61. The number of nitrogens with zero attached hydrogens (tertiary/aromatic N) is 1. The van der Waals surface area contributed by atoms with Crippen LogP contribution in [0.25, 0.3) is 0 Å². The molecule has 0 aliphatic rings. The first-order chi connectivity index (χ1) is 7.54. The third-order valence-electron chi connectivity index (χ3n) is 1.97. The van der Waals surface area contributed by atoms with Crippen LogP contribution in [-0.2, 0) is 0 Å². The van der Waals surface area contributed by atoms with E-state index in [1.54, 1.807) is 0 Å². The Morgan fingerprint density at radius 2 is 2.12 bits per heavy atom. The quantitative estimate of drug-likeness (QED) is 0.477. The number of pyridine rings is 1. The zero-order valence-electron chi connectivity index (χ0n) is 9.26. The summed E-state index contributed by atoms with van der Waals surface area (Å²) in [6.07, 6.45) is 0.953. The maximum absolute atomic E-state index is 13.3. The highest BCUT2D eigenvalue weighted by molar-refractivity contribution is 7.99. The minimum atomic E-state index is -0.784. The Kier molecular flexibility index (Phi) is 4.95. The lowest BCUT2D eigenvalue weighted by molar-refractivity contribution is 0.550. The number of halogens is 2. The molecule has 1 heterocycles. The van der Waals surface area contributed by atoms with Crippen LogP contribution in [0, 0.1) is 17.6 Å². The summed E-state index contributed by atoms with van der Waals surface area (Å²) >= 11 is 1.27. The van der Waals surface area contributed by atoms with E-state index >= 15 is 0 Å². The zero-order chi connectivity index (χ0) is 12.1. The van der Waals surface area contributed by atoms with Gasteiger partial charge in [0, 0.05) is 6.07 Å². The van der Waals surface area contributed by atoms with Crippen LogP contribution >= 0.6 is 11.8 Å². The molecule has 1 rings (SSSR count). The summed E-state index contributed by atoms with van der Waals surface area (Å²) in [5.41, 5.74) is 2.10. The molecule has 0 amide bonds. The Morgan fingerprint density at radius 3 is 2.69 bits per heavy atom. The monoisotopic (exact) mass is 247 g/mol. The van der Waals surface area contributed by atoms with Crippen molar-refractivity contribution in [3.63, 3.8) is 0 Å². The highest BCUT2D eigenvalue weighted by Gasteiger charge is 2.11. The second kappa shape index (κ2) is 6.00. The Morgan fingerprint density at radius 1 is 1.44 bits per heavy atom. The van der Waals surface area contributed by atoms with Crippen LogP contribution in [-0.4, -0.2) is 10.7 Å². The molecule has 0 radical (unpaired) electrons. The molecule has 0 aliphatic heterocycles. The third-order valence-corrected chi connectivity index (χ3v) is 2.97. The Bertz CT molecular complexity index is 358. The smallest absolute Gasteiger partial charge is 0.177 e. The molecule has 3 nitrogen and oxygen atoms in total. The number of anilines is 1. The van der Waals surface area contributed by atoms with Gasteiger partial charge < -0.3 is 5.43 Å². The normalized spacial score (nSPS) is 10.9. The second-order valence-corrected chi connectivity index (χ2v) is 4.86. The van der Waals surface area contributed by atoms with Gasteiger partial charge in [-0.1, -0.05) is 13.8 Å². The van der Waals surface area contributed by atoms with Gasteiger partial charge >= 0.3 is 0 Å². The first-order valence-electron chi connectivity index (χ1n) is 5.00. The number of nitrogens with two attached hydrogens (primary N) is 1. The van der Waals surface area contributed by atoms with Gasteiger partial charge in [-0.2, -0.15) is 0 Å². The lowest BCUT2D eigenvalue weighted by Gasteiger charge is -2.07. The number of rotatable bonds is 5. The average molecular weight is 247 g/mol. The van der Waals surface area contributed by atoms with Crippen LogP contribution in [0.4, 0.5) is 14.6 Å². The molecule has 0 aliphatic carbocycles. The van der Waals surface area contributed by atoms with Crippen molar-refractivity contribution >= 4 is 17.6 Å². The minimum absolute atomic E-state index is 0.131. The highest BCUT2D eigenvalue weighted by atomic mass is 32.2. The molecule has 0 aromatic carbocycles. The Labute approximate surface area is 97.8 Å². The van der Waals surface area contributed by atoms with Crippen molar-refractivity contribution in [2.75, 3.05) is 11.2 Å². The number of hydrogen-bond donors (Lipinski definition) is 2. The van der Waals surface area contributed by atoms with Crippen LogP contribution in [0.2, 0.25) is 0 Å². The summed E-state index contributed by atoms with van der Waals surface area (Å²) < 4.78 is 26.3. The van der Waals surface area contributed by atoms with Crippen molar-refractivity contribution in [3.8, 4) is 0 Å². The molecule has 0 fully saturated rings. The highest BCUT2D eigenvalue weighted by Crippen LogP contribution is 2.24. The summed E-state index contributed by atoms with van der Waals surface area (Å²) in [6.45, 7) is 4.17. The van der Waals surface area contributed by atoms with E-state index in [1.807, 2.05) is 0 Å². The van der Waals surface area contributed by atoms with Gasteiger partial charge in [0.1, 0.15) is 5.03 Å². The molecule has 16 heavy (non-hydrogen) atoms. The van der Waals surface area contributed by atoms with Crippen LogP contribution in [0.3, 0.4) is 0 Å². The first kappa shape index (κ1) is 13.2. The number of nitrogen functional groups attached to an aromatic ring is 1. The van der Waals surface area contributed by atoms with Gasteiger partial charge in [-0.15, -0.1) is 11.8 Å². The summed E-state index contributed by atoms with van der Waals surface area (Å²) in [4.78, 5) is 3.76. The molecule has 0 atom stereocenters. The molecule has 0 saturated carbocycles. The molecule has 0 bridgehead atoms. The molecule has 0 spiro atoms. The van der Waals surface area contributed by atoms with Gasteiger partial charge in [0.25, 0.3) is 0 Å². The maximum Gasteiger partial charge on any atom is 0.177 e. The van der Waals surface area contributed by atoms with Gasteiger partial charge in [-0.3, -0.25) is 0 Å². The summed E-state index contributed by atoms with van der Waals surface area (Å²) in [7, 11) is 0. The lowest BCUT2D eigenvalue weighted by Crippen LogP contribution is -2.11. The Balaban J connectivity index is 2.72. The fourth-order valence-electron chi connectivity index (χ4n) is 1.04. The van der Waals surface area contributed by atoms with E-state index < -0.39 is 11.6 Å². The average Bonchev–Trinajstić information content (AvgIpc) is 2.20. The number of hydrazine groups is 1. The topological polar surface area (TPSA) is 50.9 Å². The molecule has 0 unspecified atom stereocenters. The van der Waals surface area contributed by atoms with E-state index in [2.05, 4.69) is 24.3 Å². The van der Waals surface area contributed by atoms with Crippen LogP contribution in [0.5, 0.6) is 0 Å². The molecule has 0 saturated heterocycles. The summed E-state index contributed by atoms with van der Waals surface area (Å²) in [5, 5.41) is 0.176. The van der Waals surface area contributed by atoms with Crippen molar-refractivity contribution in [1.29, 1.82) is 0 Å². The van der Waals surface area contributed by atoms with E-state index in [9.17, 15) is 8.78 Å². The van der Waals surface area contributed by atoms with E-state index in [-0.39, 0.29) is 10.8 Å². The van der Waals surface area contributed by atoms with Crippen molar-refractivity contribution in [2.45, 2.75) is 25.3 Å². The minimum Gasteiger partial charge on any atom is -0.306 e. The number of thioether (sulfide) groups is 1. The molecule has 90 valence electrons. The van der Waals surface area contributed by atoms with Gasteiger partial charge in [-0.05, 0) is 18.1 Å². The van der Waals surface area contributed by atoms with Crippen molar-refractivity contribution in [1.82, 2.24) is 4.98 Å². The van der Waals surface area contributed by atoms with E-state index in [1.165, 1.54) is 11.8 Å². The molecule has 3 N–H and O–H groups in total. The molecular weight excluding hydrogens is 232 g/mol. The van der Waals surface area contributed by atoms with Crippen molar-refractivity contribution in [3.05, 3.63) is 17.7 Å². The van der Waals surface area contributed by atoms with Crippen molar-refractivity contribution in [2.24, 2.45) is 11.8 Å². The standard InChI is InChI=1S/C10H15F2N3S/c1-6(2)3-4-16-10-8(12)5-7(11)9(14-10)15-13/h5-6H,3-4,13H2,1-2H3,(H,14,15). The predicted octanol–water partition coefficient (Wildman–Crippen LogP) is 2.78. The molecule has 1 aromatic heterocycles. The summed E-state index contributed by atoms with van der Waals surface area (Å²) in [6, 6.07) is 0.792. The number of aromatic nitrogens is 1. The summed E-state index contributed by atoms with van der Waals surface area (Å²) in [5.74, 6) is 4.79. The van der Waals surface area contributed by atoms with Gasteiger partial charge in [0.2, 0.25) is 0 Å². The van der Waals surface area contributed by atoms with E-state index in [4.69, 9.17) is 5.84 Å². The van der Waals surface area contributed by atoms with Gasteiger partial charge in [0.15, 0.2) is 17.5 Å². The lowest BCUT2D eigenvalue weighted by atomic mass is 10.2. The SMILES string of the molecule is CC(C)CCSc1nc(NN)c(F)cc1F. The fraction of sp³-hybridized carbons (Fsp3) is 0.500. The molecule has 1 aromatic rings. The number of nitrogens with one attached hydrogen (secondary N) is 1. The van der Waals surface area contributed by atoms with Crippen LogP contribution in [0.15, 0.2) is 11.1 Å². The molecule has 6 heteroatoms. The largest absolute Gasteiger partial charge is 0.306 e. The predicted molar refractivity (Wildman–Crippen MR) is 62.1 cm³/mol. The Hall–Kier alpha value is -0.880. The maximum atomic E-state index is 13.3. The van der Waals surface area contributed by atoms with Crippen molar-refractivity contribution < 1.29 is 8.78 Å². The fourth-order valence-corrected chi connectivity index (χ4v) is 2.18. The second-order valence-electron chi connectivity index (χ2n) is 3.78. The van der Waals surface area contributed by atoms with Crippen LogP contribution in [0.1, 0.15) is 20.3 Å². The van der Waals surface area contributed by atoms with Gasteiger partial charge in [-0.25, -0.2) is 19.6 Å². The number of hydrogen-bond acceptors (Lipinski definition) is 4. The first-order valence-corrected chi connectivity index (χ1v) is 5.98. The molecular formula is C10H15F2N3S. The van der Waals surface area contributed by atoms with E-state index in [0.717, 1.165) is 18.2 Å².